The fraction of sp³-hybridized carbons (Fsp3) is 0.217. The van der Waals surface area contributed by atoms with Crippen LogP contribution in [-0.4, -0.2) is 17.4 Å². The first-order valence-corrected chi connectivity index (χ1v) is 9.64. The Morgan fingerprint density at radius 1 is 1.17 bits per heavy atom. The third-order valence-corrected chi connectivity index (χ3v) is 5.36. The van der Waals surface area contributed by atoms with E-state index in [9.17, 15) is 9.18 Å². The summed E-state index contributed by atoms with van der Waals surface area (Å²) in [6, 6.07) is 16.3. The average Bonchev–Trinajstić information content (AvgIpc) is 3.23. The summed E-state index contributed by atoms with van der Waals surface area (Å²) in [6.07, 6.45) is 3.73. The molecule has 0 spiro atoms. The standard InChI is InChI=1S/C23H23FN4O/c1-15-12-25-11-10-18(15)20-14-27-28-22(20)17-8-6-16(7-9-17)13-26-23(29)19-4-2-3-5-21(19)24/h2-12,20,22,27-28H,13-14H2,1H3,(H,26,29). The second kappa shape index (κ2) is 8.51. The Kier molecular flexibility index (Phi) is 5.64. The van der Waals surface area contributed by atoms with E-state index >= 15 is 0 Å². The van der Waals surface area contributed by atoms with Crippen LogP contribution in [0.4, 0.5) is 4.39 Å². The molecule has 6 heteroatoms. The van der Waals surface area contributed by atoms with Gasteiger partial charge >= 0.3 is 0 Å². The van der Waals surface area contributed by atoms with Gasteiger partial charge in [-0.2, -0.15) is 0 Å². The molecule has 2 atom stereocenters. The van der Waals surface area contributed by atoms with Crippen molar-refractivity contribution in [3.8, 4) is 0 Å². The summed E-state index contributed by atoms with van der Waals surface area (Å²) in [7, 11) is 0. The smallest absolute Gasteiger partial charge is 0.254 e. The van der Waals surface area contributed by atoms with Crippen LogP contribution in [0.1, 0.15) is 44.6 Å². The molecule has 3 aromatic rings. The van der Waals surface area contributed by atoms with Gasteiger partial charge in [0.25, 0.3) is 5.91 Å². The lowest BCUT2D eigenvalue weighted by Crippen LogP contribution is -2.25. The number of carbonyl (C=O) groups excluding carboxylic acids is 1. The number of hydrazine groups is 1. The maximum atomic E-state index is 13.7. The Labute approximate surface area is 169 Å². The molecule has 1 fully saturated rings. The van der Waals surface area contributed by atoms with Gasteiger partial charge in [0.2, 0.25) is 0 Å². The second-order valence-electron chi connectivity index (χ2n) is 7.25. The second-order valence-corrected chi connectivity index (χ2v) is 7.25. The summed E-state index contributed by atoms with van der Waals surface area (Å²) in [4.78, 5) is 16.4. The van der Waals surface area contributed by atoms with Gasteiger partial charge in [-0.3, -0.25) is 15.2 Å². The van der Waals surface area contributed by atoms with Crippen molar-refractivity contribution in [3.63, 3.8) is 0 Å². The van der Waals surface area contributed by atoms with E-state index in [4.69, 9.17) is 0 Å². The van der Waals surface area contributed by atoms with Gasteiger partial charge in [0.15, 0.2) is 0 Å². The summed E-state index contributed by atoms with van der Waals surface area (Å²) in [5.41, 5.74) is 11.3. The van der Waals surface area contributed by atoms with Crippen molar-refractivity contribution in [1.82, 2.24) is 21.2 Å². The van der Waals surface area contributed by atoms with Crippen molar-refractivity contribution < 1.29 is 9.18 Å². The molecule has 29 heavy (non-hydrogen) atoms. The third-order valence-electron chi connectivity index (χ3n) is 5.36. The molecule has 4 rings (SSSR count). The van der Waals surface area contributed by atoms with Crippen LogP contribution in [0.3, 0.4) is 0 Å². The molecule has 2 aromatic carbocycles. The highest BCUT2D eigenvalue weighted by molar-refractivity contribution is 5.94. The van der Waals surface area contributed by atoms with Gasteiger partial charge < -0.3 is 5.32 Å². The number of rotatable bonds is 5. The van der Waals surface area contributed by atoms with Crippen molar-refractivity contribution in [2.24, 2.45) is 0 Å². The molecule has 2 unspecified atom stereocenters. The Hall–Kier alpha value is -3.09. The van der Waals surface area contributed by atoms with Crippen LogP contribution in [-0.2, 0) is 6.54 Å². The molecule has 1 amide bonds. The van der Waals surface area contributed by atoms with Crippen LogP contribution in [0, 0.1) is 12.7 Å². The van der Waals surface area contributed by atoms with Crippen LogP contribution in [0.25, 0.3) is 0 Å². The first-order chi connectivity index (χ1) is 14.1. The Morgan fingerprint density at radius 2 is 1.97 bits per heavy atom. The lowest BCUT2D eigenvalue weighted by molar-refractivity contribution is 0.0947. The monoisotopic (exact) mass is 390 g/mol. The largest absolute Gasteiger partial charge is 0.348 e. The molecule has 2 heterocycles. The van der Waals surface area contributed by atoms with Gasteiger partial charge in [0.05, 0.1) is 11.6 Å². The lowest BCUT2D eigenvalue weighted by Gasteiger charge is -2.21. The zero-order valence-corrected chi connectivity index (χ0v) is 16.2. The number of aryl methyl sites for hydroxylation is 1. The number of aromatic nitrogens is 1. The van der Waals surface area contributed by atoms with Crippen LogP contribution in [0.5, 0.6) is 0 Å². The molecule has 3 N–H and O–H groups in total. The average molecular weight is 390 g/mol. The van der Waals surface area contributed by atoms with Crippen LogP contribution >= 0.6 is 0 Å². The Balaban J connectivity index is 1.43. The number of nitrogens with one attached hydrogen (secondary N) is 3. The van der Waals surface area contributed by atoms with Gasteiger partial charge in [0, 0.05) is 31.4 Å². The molecule has 0 aliphatic carbocycles. The number of hydrogen-bond acceptors (Lipinski definition) is 4. The van der Waals surface area contributed by atoms with E-state index in [1.807, 2.05) is 24.5 Å². The van der Waals surface area contributed by atoms with Gasteiger partial charge in [-0.15, -0.1) is 0 Å². The van der Waals surface area contributed by atoms with E-state index in [-0.39, 0.29) is 11.6 Å². The molecular weight excluding hydrogens is 367 g/mol. The van der Waals surface area contributed by atoms with Crippen molar-refractivity contribution in [2.75, 3.05) is 6.54 Å². The molecule has 1 aliphatic heterocycles. The molecule has 148 valence electrons. The quantitative estimate of drug-likeness (QED) is 0.625. The zero-order valence-electron chi connectivity index (χ0n) is 16.2. The normalized spacial score (nSPS) is 18.6. The highest BCUT2D eigenvalue weighted by Crippen LogP contribution is 2.34. The van der Waals surface area contributed by atoms with Crippen LogP contribution in [0.2, 0.25) is 0 Å². The van der Waals surface area contributed by atoms with Crippen molar-refractivity contribution in [2.45, 2.75) is 25.4 Å². The van der Waals surface area contributed by atoms with Gasteiger partial charge in [-0.05, 0) is 47.4 Å². The lowest BCUT2D eigenvalue weighted by atomic mass is 9.87. The fourth-order valence-corrected chi connectivity index (χ4v) is 3.77. The van der Waals surface area contributed by atoms with Crippen molar-refractivity contribution in [1.29, 1.82) is 0 Å². The van der Waals surface area contributed by atoms with E-state index < -0.39 is 11.7 Å². The van der Waals surface area contributed by atoms with E-state index in [2.05, 4.69) is 46.3 Å². The predicted octanol–water partition coefficient (Wildman–Crippen LogP) is 3.39. The highest BCUT2D eigenvalue weighted by Gasteiger charge is 2.30. The minimum atomic E-state index is -0.516. The van der Waals surface area contributed by atoms with E-state index in [0.29, 0.717) is 12.5 Å². The third kappa shape index (κ3) is 4.18. The van der Waals surface area contributed by atoms with E-state index in [1.54, 1.807) is 12.1 Å². The van der Waals surface area contributed by atoms with Gasteiger partial charge in [-0.1, -0.05) is 36.4 Å². The molecule has 1 aliphatic rings. The molecule has 0 saturated carbocycles. The number of pyridine rings is 1. The first kappa shape index (κ1) is 19.2. The molecule has 1 saturated heterocycles. The zero-order chi connectivity index (χ0) is 20.2. The van der Waals surface area contributed by atoms with Crippen LogP contribution in [0.15, 0.2) is 67.0 Å². The fourth-order valence-electron chi connectivity index (χ4n) is 3.77. The SMILES string of the molecule is Cc1cnccc1C1CNNC1c1ccc(CNC(=O)c2ccccc2F)cc1. The van der Waals surface area contributed by atoms with Gasteiger partial charge in [0.1, 0.15) is 5.82 Å². The maximum absolute atomic E-state index is 13.7. The number of amides is 1. The summed E-state index contributed by atoms with van der Waals surface area (Å²) in [6.45, 7) is 3.27. The molecule has 0 radical (unpaired) electrons. The number of nitrogens with zero attached hydrogens (tertiary/aromatic N) is 1. The number of benzene rings is 2. The Morgan fingerprint density at radius 3 is 2.72 bits per heavy atom. The molecule has 5 nitrogen and oxygen atoms in total. The van der Waals surface area contributed by atoms with Gasteiger partial charge in [-0.25, -0.2) is 9.82 Å². The molecule has 0 bridgehead atoms. The molecule has 1 aromatic heterocycles. The van der Waals surface area contributed by atoms with E-state index in [0.717, 1.165) is 12.1 Å². The summed E-state index contributed by atoms with van der Waals surface area (Å²) in [5, 5.41) is 2.77. The topological polar surface area (TPSA) is 66.1 Å². The van der Waals surface area contributed by atoms with Crippen molar-refractivity contribution >= 4 is 5.91 Å². The minimum Gasteiger partial charge on any atom is -0.348 e. The van der Waals surface area contributed by atoms with E-state index in [1.165, 1.54) is 28.8 Å². The number of hydrogen-bond donors (Lipinski definition) is 3. The summed E-state index contributed by atoms with van der Waals surface area (Å²) < 4.78 is 13.7. The summed E-state index contributed by atoms with van der Waals surface area (Å²) in [5.74, 6) is -0.621. The van der Waals surface area contributed by atoms with Crippen LogP contribution < -0.4 is 16.2 Å². The summed E-state index contributed by atoms with van der Waals surface area (Å²) >= 11 is 0. The highest BCUT2D eigenvalue weighted by atomic mass is 19.1. The first-order valence-electron chi connectivity index (χ1n) is 9.64. The number of carbonyl (C=O) groups is 1. The Bertz CT molecular complexity index is 1010. The number of halogens is 1. The maximum Gasteiger partial charge on any atom is 0.254 e. The molecular formula is C23H23FN4O. The van der Waals surface area contributed by atoms with Crippen molar-refractivity contribution in [3.05, 3.63) is 101 Å². The predicted molar refractivity (Wildman–Crippen MR) is 110 cm³/mol. The minimum absolute atomic E-state index is 0.0564.